The van der Waals surface area contributed by atoms with Crippen molar-refractivity contribution < 1.29 is 0 Å². The number of hydrogen-bond acceptors (Lipinski definition) is 4. The molecule has 6 heteroatoms. The molecule has 1 aliphatic heterocycles. The zero-order chi connectivity index (χ0) is 8.39. The first-order chi connectivity index (χ1) is 5.86. The fraction of sp³-hybridized carbons (Fsp3) is 0.857. The van der Waals surface area contributed by atoms with E-state index in [9.17, 15) is 0 Å². The lowest BCUT2D eigenvalue weighted by atomic mass is 9.98. The monoisotopic (exact) mass is 203 g/mol. The predicted molar refractivity (Wildman–Crippen MR) is 50.9 cm³/mol. The highest BCUT2D eigenvalue weighted by atomic mass is 35.5. The number of nitrogens with one attached hydrogen (secondary N) is 1. The smallest absolute Gasteiger partial charge is 0.177 e. The van der Waals surface area contributed by atoms with Crippen molar-refractivity contribution in [1.29, 1.82) is 0 Å². The van der Waals surface area contributed by atoms with Gasteiger partial charge in [0.05, 0.1) is 7.05 Å². The molecule has 1 N–H and O–H groups in total. The number of rotatable bonds is 1. The minimum absolute atomic E-state index is 0. The Morgan fingerprint density at radius 1 is 1.38 bits per heavy atom. The Morgan fingerprint density at radius 2 is 2.08 bits per heavy atom. The Bertz CT molecular complexity index is 255. The molecule has 1 saturated heterocycles. The zero-order valence-corrected chi connectivity index (χ0v) is 8.42. The maximum absolute atomic E-state index is 4.20. The van der Waals surface area contributed by atoms with Crippen molar-refractivity contribution in [2.45, 2.75) is 18.8 Å². The topological polar surface area (TPSA) is 55.6 Å². The first-order valence-corrected chi connectivity index (χ1v) is 4.31. The third kappa shape index (κ3) is 2.38. The van der Waals surface area contributed by atoms with Gasteiger partial charge in [0.2, 0.25) is 0 Å². The van der Waals surface area contributed by atoms with Gasteiger partial charge in [-0.15, -0.1) is 22.6 Å². The van der Waals surface area contributed by atoms with Crippen LogP contribution in [0.15, 0.2) is 0 Å². The molecule has 0 radical (unpaired) electrons. The van der Waals surface area contributed by atoms with E-state index in [0.29, 0.717) is 5.92 Å². The van der Waals surface area contributed by atoms with Gasteiger partial charge in [0.25, 0.3) is 0 Å². The molecule has 1 aliphatic rings. The van der Waals surface area contributed by atoms with Gasteiger partial charge in [-0.1, -0.05) is 0 Å². The van der Waals surface area contributed by atoms with E-state index < -0.39 is 0 Å². The van der Waals surface area contributed by atoms with Crippen molar-refractivity contribution >= 4 is 12.4 Å². The van der Waals surface area contributed by atoms with Gasteiger partial charge >= 0.3 is 0 Å². The van der Waals surface area contributed by atoms with Gasteiger partial charge in [-0.05, 0) is 31.1 Å². The summed E-state index contributed by atoms with van der Waals surface area (Å²) in [6.07, 6.45) is 2.26. The molecular formula is C7H14ClN5. The van der Waals surface area contributed by atoms with Crippen LogP contribution in [0.4, 0.5) is 0 Å². The highest BCUT2D eigenvalue weighted by Gasteiger charge is 2.18. The third-order valence-corrected chi connectivity index (χ3v) is 2.23. The largest absolute Gasteiger partial charge is 0.317 e. The molecule has 1 aromatic heterocycles. The van der Waals surface area contributed by atoms with E-state index in [1.165, 1.54) is 4.80 Å². The number of hydrogen-bond donors (Lipinski definition) is 1. The molecule has 0 aromatic carbocycles. The second kappa shape index (κ2) is 4.53. The molecule has 1 aromatic rings. The zero-order valence-electron chi connectivity index (χ0n) is 7.60. The Labute approximate surface area is 83.3 Å². The van der Waals surface area contributed by atoms with Crippen LogP contribution < -0.4 is 5.32 Å². The molecule has 0 atom stereocenters. The van der Waals surface area contributed by atoms with Crippen molar-refractivity contribution in [2.75, 3.05) is 13.1 Å². The molecule has 0 bridgehead atoms. The van der Waals surface area contributed by atoms with E-state index in [4.69, 9.17) is 0 Å². The molecule has 0 amide bonds. The number of tetrazole rings is 1. The lowest BCUT2D eigenvalue weighted by molar-refractivity contribution is 0.443. The molecule has 13 heavy (non-hydrogen) atoms. The molecule has 2 rings (SSSR count). The van der Waals surface area contributed by atoms with Crippen molar-refractivity contribution in [2.24, 2.45) is 7.05 Å². The standard InChI is InChI=1S/C7H13N5.ClH/c1-12-10-7(9-11-12)6-2-4-8-5-3-6;/h6,8H,2-5H2,1H3;1H. The molecule has 1 fully saturated rings. The third-order valence-electron chi connectivity index (χ3n) is 2.23. The van der Waals surface area contributed by atoms with E-state index in [1.807, 2.05) is 0 Å². The maximum Gasteiger partial charge on any atom is 0.177 e. The summed E-state index contributed by atoms with van der Waals surface area (Å²) >= 11 is 0. The number of aryl methyl sites for hydroxylation is 1. The van der Waals surface area contributed by atoms with Crippen molar-refractivity contribution in [3.8, 4) is 0 Å². The fourth-order valence-electron chi connectivity index (χ4n) is 1.54. The average Bonchev–Trinajstić information content (AvgIpc) is 2.54. The van der Waals surface area contributed by atoms with Crippen LogP contribution >= 0.6 is 12.4 Å². The summed E-state index contributed by atoms with van der Waals surface area (Å²) in [5.41, 5.74) is 0. The molecule has 2 heterocycles. The Balaban J connectivity index is 0.000000845. The van der Waals surface area contributed by atoms with Gasteiger partial charge in [-0.2, -0.15) is 4.80 Å². The van der Waals surface area contributed by atoms with Crippen LogP contribution in [0.2, 0.25) is 0 Å². The van der Waals surface area contributed by atoms with E-state index in [1.54, 1.807) is 7.05 Å². The minimum atomic E-state index is 0. The number of nitrogens with zero attached hydrogens (tertiary/aromatic N) is 4. The van der Waals surface area contributed by atoms with Crippen LogP contribution in [0, 0.1) is 0 Å². The Morgan fingerprint density at radius 3 is 2.62 bits per heavy atom. The normalized spacial score (nSPS) is 18.2. The first kappa shape index (κ1) is 10.4. The molecule has 0 spiro atoms. The van der Waals surface area contributed by atoms with E-state index in [2.05, 4.69) is 20.7 Å². The summed E-state index contributed by atoms with van der Waals surface area (Å²) in [5.74, 6) is 1.42. The van der Waals surface area contributed by atoms with Crippen LogP contribution in [0.5, 0.6) is 0 Å². The van der Waals surface area contributed by atoms with Crippen LogP contribution in [0.1, 0.15) is 24.6 Å². The van der Waals surface area contributed by atoms with Gasteiger partial charge < -0.3 is 5.32 Å². The van der Waals surface area contributed by atoms with Gasteiger partial charge in [0.15, 0.2) is 5.82 Å². The second-order valence-corrected chi connectivity index (χ2v) is 3.16. The van der Waals surface area contributed by atoms with Crippen molar-refractivity contribution in [3.63, 3.8) is 0 Å². The molecular weight excluding hydrogens is 190 g/mol. The van der Waals surface area contributed by atoms with Gasteiger partial charge in [-0.25, -0.2) is 0 Å². The van der Waals surface area contributed by atoms with Crippen LogP contribution in [0.3, 0.4) is 0 Å². The van der Waals surface area contributed by atoms with Crippen LogP contribution in [-0.4, -0.2) is 33.3 Å². The Kier molecular flexibility index (Phi) is 3.62. The molecule has 0 unspecified atom stereocenters. The first-order valence-electron chi connectivity index (χ1n) is 4.31. The maximum atomic E-state index is 4.20. The summed E-state index contributed by atoms with van der Waals surface area (Å²) in [7, 11) is 1.80. The van der Waals surface area contributed by atoms with Crippen LogP contribution in [-0.2, 0) is 7.05 Å². The summed E-state index contributed by atoms with van der Waals surface area (Å²) in [6, 6.07) is 0. The predicted octanol–water partition coefficient (Wildman–Crippen LogP) is 0.0989. The van der Waals surface area contributed by atoms with E-state index >= 15 is 0 Å². The van der Waals surface area contributed by atoms with Crippen molar-refractivity contribution in [1.82, 2.24) is 25.5 Å². The van der Waals surface area contributed by atoms with E-state index in [0.717, 1.165) is 31.8 Å². The Hall–Kier alpha value is -0.680. The minimum Gasteiger partial charge on any atom is -0.317 e. The SMILES string of the molecule is Cl.Cn1nnc(C2CCNCC2)n1. The van der Waals surface area contributed by atoms with Crippen molar-refractivity contribution in [3.05, 3.63) is 5.82 Å². The average molecular weight is 204 g/mol. The molecule has 0 aliphatic carbocycles. The summed E-state index contributed by atoms with van der Waals surface area (Å²) < 4.78 is 0. The second-order valence-electron chi connectivity index (χ2n) is 3.16. The molecule has 0 saturated carbocycles. The summed E-state index contributed by atoms with van der Waals surface area (Å²) in [5, 5.41) is 15.4. The highest BCUT2D eigenvalue weighted by molar-refractivity contribution is 5.85. The fourth-order valence-corrected chi connectivity index (χ4v) is 1.54. The van der Waals surface area contributed by atoms with Gasteiger partial charge in [-0.3, -0.25) is 0 Å². The lowest BCUT2D eigenvalue weighted by Gasteiger charge is -2.18. The number of halogens is 1. The van der Waals surface area contributed by atoms with Crippen LogP contribution in [0.25, 0.3) is 0 Å². The van der Waals surface area contributed by atoms with Gasteiger partial charge in [0.1, 0.15) is 0 Å². The summed E-state index contributed by atoms with van der Waals surface area (Å²) in [6.45, 7) is 2.14. The molecule has 5 nitrogen and oxygen atoms in total. The quantitative estimate of drug-likeness (QED) is 0.704. The lowest BCUT2D eigenvalue weighted by Crippen LogP contribution is -2.27. The summed E-state index contributed by atoms with van der Waals surface area (Å²) in [4.78, 5) is 1.53. The molecule has 74 valence electrons. The number of piperidine rings is 1. The highest BCUT2D eigenvalue weighted by Crippen LogP contribution is 2.20. The van der Waals surface area contributed by atoms with Gasteiger partial charge in [0, 0.05) is 5.92 Å². The number of aromatic nitrogens is 4. The van der Waals surface area contributed by atoms with E-state index in [-0.39, 0.29) is 12.4 Å².